The van der Waals surface area contributed by atoms with Crippen molar-refractivity contribution in [1.82, 2.24) is 23.7 Å². The number of para-hydroxylation sites is 3. The summed E-state index contributed by atoms with van der Waals surface area (Å²) in [4.78, 5) is 10.2. The Bertz CT molecular complexity index is 4220. The standard InChI is InChI=1S/C64H41N5/c1-4-15-42(16-5-1)48-40-56(44-17-6-2-7-18-44)66-63(41-48)69-58-24-13-11-22-52(58)54-38-47(30-34-60(54)69)46-29-33-59-53(37-46)51-21-10-12-23-57(51)67(59)50-31-26-43(27-32-50)45-28-35-61-55(39-45)64-62(25-14-36-65-64)68(61)49-19-8-3-9-20-49/h1-41H. The number of aromatic nitrogens is 5. The molecule has 0 amide bonds. The van der Waals surface area contributed by atoms with Crippen molar-refractivity contribution in [3.8, 4) is 61.8 Å². The van der Waals surface area contributed by atoms with Crippen molar-refractivity contribution >= 4 is 65.5 Å². The lowest BCUT2D eigenvalue weighted by atomic mass is 10.0. The van der Waals surface area contributed by atoms with Crippen LogP contribution in [0.1, 0.15) is 0 Å². The lowest BCUT2D eigenvalue weighted by molar-refractivity contribution is 1.08. The molecule has 0 N–H and O–H groups in total. The molecular weight excluding hydrogens is 839 g/mol. The highest BCUT2D eigenvalue weighted by Crippen LogP contribution is 2.40. The summed E-state index contributed by atoms with van der Waals surface area (Å²) >= 11 is 0. The first kappa shape index (κ1) is 38.9. The molecule has 0 unspecified atom stereocenters. The van der Waals surface area contributed by atoms with E-state index in [-0.39, 0.29) is 0 Å². The van der Waals surface area contributed by atoms with Crippen molar-refractivity contribution in [3.05, 3.63) is 249 Å². The maximum Gasteiger partial charge on any atom is 0.138 e. The molecule has 5 aromatic heterocycles. The van der Waals surface area contributed by atoms with Gasteiger partial charge in [-0.25, -0.2) is 4.98 Å². The Kier molecular flexibility index (Phi) is 8.83. The van der Waals surface area contributed by atoms with Gasteiger partial charge < -0.3 is 9.13 Å². The molecular formula is C64H41N5. The second kappa shape index (κ2) is 15.7. The summed E-state index contributed by atoms with van der Waals surface area (Å²) in [6, 6.07) is 87.3. The number of hydrogen-bond donors (Lipinski definition) is 0. The number of nitrogens with zero attached hydrogens (tertiary/aromatic N) is 5. The lowest BCUT2D eigenvalue weighted by Crippen LogP contribution is -2.00. The predicted octanol–water partition coefficient (Wildman–Crippen LogP) is 16.4. The Morgan fingerprint density at radius 2 is 0.710 bits per heavy atom. The number of fused-ring (bicyclic) bond motifs is 9. The molecule has 0 radical (unpaired) electrons. The molecule has 14 rings (SSSR count). The first-order valence-electron chi connectivity index (χ1n) is 23.5. The van der Waals surface area contributed by atoms with E-state index in [9.17, 15) is 0 Å². The van der Waals surface area contributed by atoms with Crippen LogP contribution in [0.15, 0.2) is 249 Å². The normalized spacial score (nSPS) is 11.8. The summed E-state index contributed by atoms with van der Waals surface area (Å²) in [7, 11) is 0. The van der Waals surface area contributed by atoms with Gasteiger partial charge in [-0.2, -0.15) is 0 Å². The lowest BCUT2D eigenvalue weighted by Gasteiger charge is -2.13. The molecule has 0 fully saturated rings. The molecule has 0 spiro atoms. The maximum atomic E-state index is 5.35. The minimum atomic E-state index is 0.891. The maximum absolute atomic E-state index is 5.35. The number of rotatable bonds is 7. The zero-order chi connectivity index (χ0) is 45.4. The summed E-state index contributed by atoms with van der Waals surface area (Å²) in [5, 5.41) is 5.97. The fourth-order valence-electron chi connectivity index (χ4n) is 10.7. The highest BCUT2D eigenvalue weighted by Gasteiger charge is 2.19. The van der Waals surface area contributed by atoms with Gasteiger partial charge in [0.25, 0.3) is 0 Å². The highest BCUT2D eigenvalue weighted by atomic mass is 15.1. The van der Waals surface area contributed by atoms with Gasteiger partial charge in [0.15, 0.2) is 0 Å². The van der Waals surface area contributed by atoms with E-state index >= 15 is 0 Å². The molecule has 14 aromatic rings. The largest absolute Gasteiger partial charge is 0.309 e. The minimum Gasteiger partial charge on any atom is -0.309 e. The van der Waals surface area contributed by atoms with Crippen molar-refractivity contribution in [1.29, 1.82) is 0 Å². The van der Waals surface area contributed by atoms with Crippen LogP contribution >= 0.6 is 0 Å². The molecule has 0 atom stereocenters. The van der Waals surface area contributed by atoms with Gasteiger partial charge in [-0.3, -0.25) is 9.55 Å². The molecule has 5 heterocycles. The van der Waals surface area contributed by atoms with Gasteiger partial charge in [0.1, 0.15) is 5.82 Å². The van der Waals surface area contributed by atoms with Crippen molar-refractivity contribution in [2.75, 3.05) is 0 Å². The Balaban J connectivity index is 0.855. The first-order chi connectivity index (χ1) is 34.2. The van der Waals surface area contributed by atoms with Gasteiger partial charge in [0, 0.05) is 50.1 Å². The third-order valence-electron chi connectivity index (χ3n) is 13.9. The molecule has 69 heavy (non-hydrogen) atoms. The fraction of sp³-hybridized carbons (Fsp3) is 0. The van der Waals surface area contributed by atoms with Gasteiger partial charge in [-0.05, 0) is 130 Å². The third kappa shape index (κ3) is 6.32. The molecule has 0 bridgehead atoms. The average molecular weight is 880 g/mol. The third-order valence-corrected chi connectivity index (χ3v) is 13.9. The quantitative estimate of drug-likeness (QED) is 0.160. The highest BCUT2D eigenvalue weighted by molar-refractivity contribution is 6.13. The van der Waals surface area contributed by atoms with Gasteiger partial charge in [0.05, 0.1) is 44.3 Å². The van der Waals surface area contributed by atoms with Gasteiger partial charge in [-0.1, -0.05) is 146 Å². The molecule has 0 aliphatic rings. The van der Waals surface area contributed by atoms with E-state index in [1.54, 1.807) is 0 Å². The zero-order valence-electron chi connectivity index (χ0n) is 37.4. The van der Waals surface area contributed by atoms with E-state index in [1.807, 2.05) is 12.3 Å². The Labute approximate surface area is 398 Å². The molecule has 0 aliphatic carbocycles. The summed E-state index contributed by atoms with van der Waals surface area (Å²) in [6.07, 6.45) is 1.89. The van der Waals surface area contributed by atoms with Crippen LogP contribution in [-0.4, -0.2) is 23.7 Å². The molecule has 5 heteroatoms. The van der Waals surface area contributed by atoms with Crippen LogP contribution in [0.4, 0.5) is 0 Å². The van der Waals surface area contributed by atoms with Crippen molar-refractivity contribution in [2.45, 2.75) is 0 Å². The zero-order valence-corrected chi connectivity index (χ0v) is 37.4. The van der Waals surface area contributed by atoms with E-state index in [0.29, 0.717) is 0 Å². The molecule has 0 saturated carbocycles. The van der Waals surface area contributed by atoms with Crippen LogP contribution in [-0.2, 0) is 0 Å². The van der Waals surface area contributed by atoms with Crippen LogP contribution in [0.2, 0.25) is 0 Å². The Hall–Kier alpha value is -9.32. The monoisotopic (exact) mass is 879 g/mol. The van der Waals surface area contributed by atoms with Crippen LogP contribution < -0.4 is 0 Å². The summed E-state index contributed by atoms with van der Waals surface area (Å²) in [5.74, 6) is 0.891. The second-order valence-corrected chi connectivity index (χ2v) is 17.8. The molecule has 322 valence electrons. The molecule has 0 aliphatic heterocycles. The Morgan fingerprint density at radius 3 is 1.38 bits per heavy atom. The SMILES string of the molecule is c1ccc(-c2cc(-c3ccccc3)nc(-n3c4ccccc4c4cc(-c5ccc6c(c5)c5ccccc5n6-c5ccc(-c6ccc7c(c6)c6ncccc6n7-c6ccccc6)cc5)ccc43)c2)cc1. The summed E-state index contributed by atoms with van der Waals surface area (Å²) < 4.78 is 7.03. The van der Waals surface area contributed by atoms with Gasteiger partial charge in [-0.15, -0.1) is 0 Å². The Morgan fingerprint density at radius 1 is 0.261 bits per heavy atom. The number of hydrogen-bond acceptors (Lipinski definition) is 2. The molecule has 0 saturated heterocycles. The summed E-state index contributed by atoms with van der Waals surface area (Å²) in [6.45, 7) is 0. The fourth-order valence-corrected chi connectivity index (χ4v) is 10.7. The van der Waals surface area contributed by atoms with Crippen molar-refractivity contribution in [3.63, 3.8) is 0 Å². The van der Waals surface area contributed by atoms with E-state index in [1.165, 1.54) is 43.7 Å². The topological polar surface area (TPSA) is 40.6 Å². The van der Waals surface area contributed by atoms with Crippen LogP contribution in [0.25, 0.3) is 127 Å². The van der Waals surface area contributed by atoms with E-state index < -0.39 is 0 Å². The summed E-state index contributed by atoms with van der Waals surface area (Å²) in [5.41, 5.74) is 19.1. The number of pyridine rings is 2. The molecule has 5 nitrogen and oxygen atoms in total. The predicted molar refractivity (Wildman–Crippen MR) is 287 cm³/mol. The van der Waals surface area contributed by atoms with E-state index in [2.05, 4.69) is 250 Å². The minimum absolute atomic E-state index is 0.891. The average Bonchev–Trinajstić information content (AvgIpc) is 4.06. The van der Waals surface area contributed by atoms with Gasteiger partial charge in [0.2, 0.25) is 0 Å². The van der Waals surface area contributed by atoms with Crippen molar-refractivity contribution < 1.29 is 0 Å². The number of benzene rings is 9. The second-order valence-electron chi connectivity index (χ2n) is 17.8. The van der Waals surface area contributed by atoms with Gasteiger partial charge >= 0.3 is 0 Å². The van der Waals surface area contributed by atoms with Crippen LogP contribution in [0.3, 0.4) is 0 Å². The smallest absolute Gasteiger partial charge is 0.138 e. The van der Waals surface area contributed by atoms with E-state index in [0.717, 1.165) is 83.7 Å². The van der Waals surface area contributed by atoms with E-state index in [4.69, 9.17) is 9.97 Å². The first-order valence-corrected chi connectivity index (χ1v) is 23.5. The molecule has 9 aromatic carbocycles. The van der Waals surface area contributed by atoms with Crippen LogP contribution in [0, 0.1) is 0 Å². The van der Waals surface area contributed by atoms with Crippen molar-refractivity contribution in [2.24, 2.45) is 0 Å². The van der Waals surface area contributed by atoms with Crippen LogP contribution in [0.5, 0.6) is 0 Å².